The van der Waals surface area contributed by atoms with Gasteiger partial charge in [0, 0.05) is 23.5 Å². The molecule has 0 fully saturated rings. The highest BCUT2D eigenvalue weighted by molar-refractivity contribution is 7.10. The monoisotopic (exact) mass is 278 g/mol. The number of fused-ring (bicyclic) bond motifs is 1. The number of carbonyl (C=O) groups is 1. The molecular weight excluding hydrogens is 264 g/mol. The Bertz CT molecular complexity index is 605. The molecule has 0 aliphatic carbocycles. The molecule has 100 valence electrons. The number of hydrogen-bond donors (Lipinski definition) is 1. The molecule has 3 heterocycles. The van der Waals surface area contributed by atoms with E-state index >= 15 is 0 Å². The normalized spacial score (nSPS) is 19.3. The Labute approximate surface area is 114 Å². The van der Waals surface area contributed by atoms with Gasteiger partial charge in [-0.05, 0) is 30.4 Å². The number of thiophene rings is 1. The van der Waals surface area contributed by atoms with Crippen molar-refractivity contribution in [3.8, 4) is 0 Å². The van der Waals surface area contributed by atoms with E-state index in [0.717, 1.165) is 13.0 Å². The predicted molar refractivity (Wildman–Crippen MR) is 70.3 cm³/mol. The van der Waals surface area contributed by atoms with Gasteiger partial charge in [-0.1, -0.05) is 5.16 Å². The van der Waals surface area contributed by atoms with Crippen LogP contribution >= 0.6 is 11.3 Å². The van der Waals surface area contributed by atoms with Gasteiger partial charge >= 0.3 is 5.97 Å². The topological polar surface area (TPSA) is 66.6 Å². The third kappa shape index (κ3) is 2.29. The summed E-state index contributed by atoms with van der Waals surface area (Å²) in [7, 11) is 0. The lowest BCUT2D eigenvalue weighted by Gasteiger charge is -2.32. The van der Waals surface area contributed by atoms with E-state index in [1.165, 1.54) is 16.5 Å². The third-order valence-electron chi connectivity index (χ3n) is 3.54. The van der Waals surface area contributed by atoms with Gasteiger partial charge in [0.2, 0.25) is 0 Å². The Morgan fingerprint density at radius 2 is 2.53 bits per heavy atom. The second kappa shape index (κ2) is 4.79. The van der Waals surface area contributed by atoms with Crippen molar-refractivity contribution < 1.29 is 14.4 Å². The second-order valence-corrected chi connectivity index (χ2v) is 5.68. The van der Waals surface area contributed by atoms with Crippen molar-refractivity contribution in [1.29, 1.82) is 0 Å². The van der Waals surface area contributed by atoms with Crippen molar-refractivity contribution in [3.05, 3.63) is 39.4 Å². The molecule has 1 atom stereocenters. The molecule has 1 aliphatic rings. The molecule has 3 rings (SSSR count). The average Bonchev–Trinajstić information content (AvgIpc) is 3.01. The maximum Gasteiger partial charge on any atom is 0.358 e. The van der Waals surface area contributed by atoms with Gasteiger partial charge in [0.25, 0.3) is 0 Å². The quantitative estimate of drug-likeness (QED) is 0.934. The van der Waals surface area contributed by atoms with Gasteiger partial charge < -0.3 is 9.63 Å². The highest BCUT2D eigenvalue weighted by atomic mass is 32.1. The van der Waals surface area contributed by atoms with Crippen LogP contribution in [0.1, 0.15) is 39.7 Å². The van der Waals surface area contributed by atoms with Crippen LogP contribution in [0, 0.1) is 0 Å². The Morgan fingerprint density at radius 1 is 1.68 bits per heavy atom. The van der Waals surface area contributed by atoms with Crippen molar-refractivity contribution >= 4 is 17.3 Å². The van der Waals surface area contributed by atoms with Crippen molar-refractivity contribution in [2.75, 3.05) is 6.54 Å². The van der Waals surface area contributed by atoms with E-state index in [4.69, 9.17) is 9.63 Å². The first-order valence-corrected chi connectivity index (χ1v) is 7.02. The summed E-state index contributed by atoms with van der Waals surface area (Å²) in [5.74, 6) is -0.454. The zero-order chi connectivity index (χ0) is 13.4. The molecule has 0 amide bonds. The Morgan fingerprint density at radius 3 is 3.26 bits per heavy atom. The smallest absolute Gasteiger partial charge is 0.358 e. The Balaban J connectivity index is 1.75. The molecule has 0 saturated heterocycles. The first-order chi connectivity index (χ1) is 9.15. The minimum Gasteiger partial charge on any atom is -0.476 e. The van der Waals surface area contributed by atoms with Crippen molar-refractivity contribution in [1.82, 2.24) is 10.1 Å². The zero-order valence-corrected chi connectivity index (χ0v) is 11.3. The minimum absolute atomic E-state index is 0.0316. The van der Waals surface area contributed by atoms with Crippen LogP contribution in [0.2, 0.25) is 0 Å². The predicted octanol–water partition coefficient (Wildman–Crippen LogP) is 2.55. The Hall–Kier alpha value is -1.66. The average molecular weight is 278 g/mol. The summed E-state index contributed by atoms with van der Waals surface area (Å²) in [6.45, 7) is 3.72. The fraction of sp³-hybridized carbons (Fsp3) is 0.385. The number of aromatic carboxylic acids is 1. The van der Waals surface area contributed by atoms with Crippen LogP contribution in [-0.4, -0.2) is 27.7 Å². The summed E-state index contributed by atoms with van der Waals surface area (Å²) in [6.07, 6.45) is 1.04. The van der Waals surface area contributed by atoms with E-state index in [1.807, 2.05) is 0 Å². The summed E-state index contributed by atoms with van der Waals surface area (Å²) in [5, 5.41) is 14.5. The first-order valence-electron chi connectivity index (χ1n) is 6.14. The van der Waals surface area contributed by atoms with Crippen LogP contribution in [0.25, 0.3) is 0 Å². The van der Waals surface area contributed by atoms with E-state index in [1.54, 1.807) is 11.3 Å². The summed E-state index contributed by atoms with van der Waals surface area (Å²) in [5.41, 5.74) is 1.34. The maximum atomic E-state index is 10.8. The summed E-state index contributed by atoms with van der Waals surface area (Å²) in [4.78, 5) is 14.5. The molecule has 0 saturated carbocycles. The fourth-order valence-electron chi connectivity index (χ4n) is 2.47. The molecule has 0 bridgehead atoms. The van der Waals surface area contributed by atoms with Gasteiger partial charge in [-0.15, -0.1) is 11.3 Å². The van der Waals surface area contributed by atoms with Crippen LogP contribution in [0.3, 0.4) is 0 Å². The molecular formula is C13H14N2O3S. The molecule has 0 radical (unpaired) electrons. The van der Waals surface area contributed by atoms with E-state index in [-0.39, 0.29) is 5.69 Å². The fourth-order valence-corrected chi connectivity index (χ4v) is 3.43. The van der Waals surface area contributed by atoms with Crippen molar-refractivity contribution in [2.45, 2.75) is 25.9 Å². The van der Waals surface area contributed by atoms with Gasteiger partial charge in [-0.3, -0.25) is 4.90 Å². The molecule has 0 aromatic carbocycles. The highest BCUT2D eigenvalue weighted by Crippen LogP contribution is 2.33. The highest BCUT2D eigenvalue weighted by Gasteiger charge is 2.25. The van der Waals surface area contributed by atoms with Gasteiger partial charge in [0.1, 0.15) is 0 Å². The summed E-state index contributed by atoms with van der Waals surface area (Å²) >= 11 is 1.81. The molecule has 6 heteroatoms. The van der Waals surface area contributed by atoms with Crippen LogP contribution < -0.4 is 0 Å². The zero-order valence-electron chi connectivity index (χ0n) is 10.5. The minimum atomic E-state index is -1.05. The van der Waals surface area contributed by atoms with Gasteiger partial charge in [0.15, 0.2) is 11.5 Å². The van der Waals surface area contributed by atoms with E-state index < -0.39 is 5.97 Å². The summed E-state index contributed by atoms with van der Waals surface area (Å²) < 4.78 is 5.08. The standard InChI is InChI=1S/C13H14N2O3S/c1-8-10-3-5-19-12(10)2-4-15(8)7-9-6-11(13(16)17)14-18-9/h3,5-6,8H,2,4,7H2,1H3,(H,16,17). The molecule has 2 aromatic rings. The first kappa shape index (κ1) is 12.4. The number of rotatable bonds is 3. The van der Waals surface area contributed by atoms with E-state index in [9.17, 15) is 4.79 Å². The molecule has 1 unspecified atom stereocenters. The van der Waals surface area contributed by atoms with E-state index in [0.29, 0.717) is 18.3 Å². The lowest BCUT2D eigenvalue weighted by atomic mass is 10.0. The van der Waals surface area contributed by atoms with Crippen LogP contribution in [0.15, 0.2) is 22.0 Å². The van der Waals surface area contributed by atoms with Crippen LogP contribution in [0.4, 0.5) is 0 Å². The third-order valence-corrected chi connectivity index (χ3v) is 4.54. The molecule has 2 aromatic heterocycles. The number of carboxylic acid groups (broad SMARTS) is 1. The number of hydrogen-bond acceptors (Lipinski definition) is 5. The molecule has 1 N–H and O–H groups in total. The number of aromatic nitrogens is 1. The van der Waals surface area contributed by atoms with E-state index in [2.05, 4.69) is 28.4 Å². The van der Waals surface area contributed by atoms with Gasteiger partial charge in [0.05, 0.1) is 6.54 Å². The molecule has 19 heavy (non-hydrogen) atoms. The van der Waals surface area contributed by atoms with Crippen molar-refractivity contribution in [2.24, 2.45) is 0 Å². The molecule has 5 nitrogen and oxygen atoms in total. The Kier molecular flexibility index (Phi) is 3.12. The van der Waals surface area contributed by atoms with Gasteiger partial charge in [-0.2, -0.15) is 0 Å². The number of nitrogens with zero attached hydrogens (tertiary/aromatic N) is 2. The molecule has 1 aliphatic heterocycles. The lowest BCUT2D eigenvalue weighted by Crippen LogP contribution is -2.32. The summed E-state index contributed by atoms with van der Waals surface area (Å²) in [6, 6.07) is 3.99. The van der Waals surface area contributed by atoms with Crippen LogP contribution in [0.5, 0.6) is 0 Å². The maximum absolute atomic E-state index is 10.8. The number of carboxylic acids is 1. The largest absolute Gasteiger partial charge is 0.476 e. The molecule has 0 spiro atoms. The second-order valence-electron chi connectivity index (χ2n) is 4.68. The van der Waals surface area contributed by atoms with Crippen molar-refractivity contribution in [3.63, 3.8) is 0 Å². The van der Waals surface area contributed by atoms with Gasteiger partial charge in [-0.25, -0.2) is 4.79 Å². The van der Waals surface area contributed by atoms with Crippen LogP contribution in [-0.2, 0) is 13.0 Å². The SMILES string of the molecule is CC1c2ccsc2CCN1Cc1cc(C(=O)O)no1. The lowest BCUT2D eigenvalue weighted by molar-refractivity contribution is 0.0685.